The van der Waals surface area contributed by atoms with Crippen molar-refractivity contribution in [2.45, 2.75) is 19.5 Å². The van der Waals surface area contributed by atoms with E-state index in [9.17, 15) is 22.8 Å². The molecule has 0 aliphatic rings. The summed E-state index contributed by atoms with van der Waals surface area (Å²) in [5.41, 5.74) is -0.239. The van der Waals surface area contributed by atoms with Crippen molar-refractivity contribution in [3.05, 3.63) is 24.0 Å². The van der Waals surface area contributed by atoms with Crippen molar-refractivity contribution in [2.24, 2.45) is 0 Å². The number of carboxylic acids is 1. The Morgan fingerprint density at radius 2 is 2.00 bits per heavy atom. The zero-order valence-electron chi connectivity index (χ0n) is 9.53. The van der Waals surface area contributed by atoms with Crippen molar-refractivity contribution in [1.29, 1.82) is 0 Å². The van der Waals surface area contributed by atoms with Gasteiger partial charge in [0, 0.05) is 12.5 Å². The molecule has 1 rings (SSSR count). The van der Waals surface area contributed by atoms with Gasteiger partial charge in [0.1, 0.15) is 11.6 Å². The number of hydrogen-bond acceptors (Lipinski definition) is 3. The number of nitrogens with one attached hydrogen (secondary N) is 1. The molecule has 1 amide bonds. The van der Waals surface area contributed by atoms with Crippen LogP contribution in [0.4, 0.5) is 18.9 Å². The van der Waals surface area contributed by atoms with E-state index in [-0.39, 0.29) is 24.3 Å². The molecule has 0 aromatic heterocycles. The highest BCUT2D eigenvalue weighted by Crippen LogP contribution is 2.22. The zero-order valence-corrected chi connectivity index (χ0v) is 9.53. The topological polar surface area (TPSA) is 75.6 Å². The molecule has 0 fully saturated rings. The molecule has 0 bridgehead atoms. The Kier molecular flexibility index (Phi) is 5.16. The number of carboxylic acid groups (broad SMARTS) is 1. The van der Waals surface area contributed by atoms with E-state index in [1.54, 1.807) is 0 Å². The Bertz CT molecular complexity index is 479. The van der Waals surface area contributed by atoms with E-state index < -0.39 is 24.3 Å². The molecule has 0 radical (unpaired) electrons. The summed E-state index contributed by atoms with van der Waals surface area (Å²) in [6, 6.07) is 2.80. The summed E-state index contributed by atoms with van der Waals surface area (Å²) in [6.45, 7) is -3.07. The van der Waals surface area contributed by atoms with E-state index >= 15 is 0 Å². The number of carbonyl (C=O) groups is 2. The third-order valence-corrected chi connectivity index (χ3v) is 2.01. The molecule has 0 heterocycles. The molecule has 1 aromatic carbocycles. The van der Waals surface area contributed by atoms with Crippen LogP contribution in [-0.4, -0.2) is 23.6 Å². The molecular weight excluding hydrogens is 267 g/mol. The lowest BCUT2D eigenvalue weighted by Crippen LogP contribution is -2.14. The number of benzene rings is 1. The molecule has 19 heavy (non-hydrogen) atoms. The number of halogens is 3. The lowest BCUT2D eigenvalue weighted by Gasteiger charge is -2.08. The molecule has 1 aromatic rings. The molecule has 0 saturated carbocycles. The fourth-order valence-corrected chi connectivity index (χ4v) is 1.21. The molecule has 0 unspecified atom stereocenters. The number of amides is 1. The lowest BCUT2D eigenvalue weighted by atomic mass is 10.2. The highest BCUT2D eigenvalue weighted by Gasteiger charge is 2.11. The minimum absolute atomic E-state index is 0.239. The van der Waals surface area contributed by atoms with Crippen molar-refractivity contribution < 1.29 is 32.6 Å². The maximum absolute atomic E-state index is 13.4. The van der Waals surface area contributed by atoms with Crippen LogP contribution in [0.2, 0.25) is 0 Å². The average Bonchev–Trinajstić information content (AvgIpc) is 2.29. The number of alkyl halides is 2. The number of carbonyl (C=O) groups excluding carboxylic acids is 1. The van der Waals surface area contributed by atoms with E-state index in [4.69, 9.17) is 5.11 Å². The van der Waals surface area contributed by atoms with Crippen LogP contribution in [-0.2, 0) is 9.59 Å². The van der Waals surface area contributed by atoms with Crippen LogP contribution in [0.1, 0.15) is 12.8 Å². The number of hydrogen-bond donors (Lipinski definition) is 2. The summed E-state index contributed by atoms with van der Waals surface area (Å²) in [5, 5.41) is 10.5. The molecule has 8 heteroatoms. The highest BCUT2D eigenvalue weighted by molar-refractivity contribution is 5.92. The molecule has 0 atom stereocenters. The summed E-state index contributed by atoms with van der Waals surface area (Å²) in [5.74, 6) is -3.18. The summed E-state index contributed by atoms with van der Waals surface area (Å²) < 4.78 is 41.1. The summed E-state index contributed by atoms with van der Waals surface area (Å²) >= 11 is 0. The van der Waals surface area contributed by atoms with Crippen LogP contribution in [0.15, 0.2) is 18.2 Å². The summed E-state index contributed by atoms with van der Waals surface area (Å²) in [4.78, 5) is 21.5. The first-order valence-electron chi connectivity index (χ1n) is 5.14. The van der Waals surface area contributed by atoms with Gasteiger partial charge in [-0.15, -0.1) is 0 Å². The van der Waals surface area contributed by atoms with Gasteiger partial charge in [-0.2, -0.15) is 8.78 Å². The molecule has 0 aliphatic carbocycles. The zero-order chi connectivity index (χ0) is 14.4. The SMILES string of the molecule is O=C(O)CCC(=O)Nc1ccc(OC(F)F)cc1F. The van der Waals surface area contributed by atoms with Gasteiger partial charge in [-0.3, -0.25) is 9.59 Å². The van der Waals surface area contributed by atoms with Gasteiger partial charge in [0.25, 0.3) is 0 Å². The Hall–Kier alpha value is -2.25. The van der Waals surface area contributed by atoms with E-state index in [1.807, 2.05) is 0 Å². The highest BCUT2D eigenvalue weighted by atomic mass is 19.3. The van der Waals surface area contributed by atoms with Crippen LogP contribution in [0, 0.1) is 5.82 Å². The number of aliphatic carboxylic acids is 1. The van der Waals surface area contributed by atoms with Crippen LogP contribution < -0.4 is 10.1 Å². The van der Waals surface area contributed by atoms with Gasteiger partial charge < -0.3 is 15.2 Å². The molecule has 5 nitrogen and oxygen atoms in total. The van der Waals surface area contributed by atoms with Crippen molar-refractivity contribution in [3.8, 4) is 5.75 Å². The van der Waals surface area contributed by atoms with Gasteiger partial charge in [-0.25, -0.2) is 4.39 Å². The summed E-state index contributed by atoms with van der Waals surface area (Å²) in [6.07, 6.45) is -0.704. The van der Waals surface area contributed by atoms with E-state index in [2.05, 4.69) is 10.1 Å². The second kappa shape index (κ2) is 6.62. The van der Waals surface area contributed by atoms with Crippen molar-refractivity contribution in [2.75, 3.05) is 5.32 Å². The molecule has 0 spiro atoms. The Labute approximate surface area is 106 Å². The average molecular weight is 277 g/mol. The van der Waals surface area contributed by atoms with E-state index in [0.717, 1.165) is 12.1 Å². The predicted octanol–water partition coefficient (Wildman–Crippen LogP) is 2.23. The number of anilines is 1. The van der Waals surface area contributed by atoms with Gasteiger partial charge in [-0.05, 0) is 12.1 Å². The standard InChI is InChI=1S/C11H10F3NO4/c12-7-5-6(19-11(13)14)1-2-8(7)15-9(16)3-4-10(17)18/h1-2,5,11H,3-4H2,(H,15,16)(H,17,18). The fourth-order valence-electron chi connectivity index (χ4n) is 1.21. The van der Waals surface area contributed by atoms with Gasteiger partial charge in [0.05, 0.1) is 12.1 Å². The van der Waals surface area contributed by atoms with Crippen molar-refractivity contribution >= 4 is 17.6 Å². The Morgan fingerprint density at radius 3 is 2.53 bits per heavy atom. The minimum Gasteiger partial charge on any atom is -0.481 e. The Balaban J connectivity index is 2.64. The van der Waals surface area contributed by atoms with Gasteiger partial charge >= 0.3 is 12.6 Å². The second-order valence-electron chi connectivity index (χ2n) is 3.46. The molecule has 0 saturated heterocycles. The smallest absolute Gasteiger partial charge is 0.387 e. The van der Waals surface area contributed by atoms with Crippen LogP contribution in [0.5, 0.6) is 5.75 Å². The first-order chi connectivity index (χ1) is 8.88. The maximum atomic E-state index is 13.4. The molecule has 104 valence electrons. The number of rotatable bonds is 6. The van der Waals surface area contributed by atoms with Gasteiger partial charge in [0.15, 0.2) is 0 Å². The maximum Gasteiger partial charge on any atom is 0.387 e. The van der Waals surface area contributed by atoms with Crippen LogP contribution >= 0.6 is 0 Å². The third-order valence-electron chi connectivity index (χ3n) is 2.01. The monoisotopic (exact) mass is 277 g/mol. The van der Waals surface area contributed by atoms with Crippen LogP contribution in [0.25, 0.3) is 0 Å². The largest absolute Gasteiger partial charge is 0.481 e. The first kappa shape index (κ1) is 14.8. The van der Waals surface area contributed by atoms with Gasteiger partial charge in [0.2, 0.25) is 5.91 Å². The molecule has 2 N–H and O–H groups in total. The molecular formula is C11H10F3NO4. The van der Waals surface area contributed by atoms with E-state index in [0.29, 0.717) is 6.07 Å². The second-order valence-corrected chi connectivity index (χ2v) is 3.46. The predicted molar refractivity (Wildman–Crippen MR) is 58.5 cm³/mol. The summed E-state index contributed by atoms with van der Waals surface area (Å²) in [7, 11) is 0. The van der Waals surface area contributed by atoms with Gasteiger partial charge in [-0.1, -0.05) is 0 Å². The Morgan fingerprint density at radius 1 is 1.32 bits per heavy atom. The minimum atomic E-state index is -3.07. The van der Waals surface area contributed by atoms with E-state index in [1.165, 1.54) is 0 Å². The van der Waals surface area contributed by atoms with Crippen molar-refractivity contribution in [1.82, 2.24) is 0 Å². The quantitative estimate of drug-likeness (QED) is 0.836. The normalized spacial score (nSPS) is 10.3. The van der Waals surface area contributed by atoms with Crippen molar-refractivity contribution in [3.63, 3.8) is 0 Å². The third kappa shape index (κ3) is 5.28. The fraction of sp³-hybridized carbons (Fsp3) is 0.273. The van der Waals surface area contributed by atoms with Crippen LogP contribution in [0.3, 0.4) is 0 Å². The number of ether oxygens (including phenoxy) is 1. The lowest BCUT2D eigenvalue weighted by molar-refractivity contribution is -0.138. The first-order valence-corrected chi connectivity index (χ1v) is 5.14. The molecule has 0 aliphatic heterocycles.